The third-order valence-corrected chi connectivity index (χ3v) is 3.81. The Balaban J connectivity index is 2.02. The Labute approximate surface area is 132 Å². The molecule has 0 aromatic heterocycles. The van der Waals surface area contributed by atoms with Gasteiger partial charge in [-0.1, -0.05) is 34.4 Å². The summed E-state index contributed by atoms with van der Waals surface area (Å²) in [5.41, 5.74) is 0.698. The van der Waals surface area contributed by atoms with E-state index >= 15 is 0 Å². The second kappa shape index (κ2) is 6.22. The molecule has 1 aliphatic heterocycles. The lowest BCUT2D eigenvalue weighted by Crippen LogP contribution is -2.50. The summed E-state index contributed by atoms with van der Waals surface area (Å²) in [6, 6.07) is 5.13. The number of hydrogen-bond donors (Lipinski definition) is 2. The second-order valence-corrected chi connectivity index (χ2v) is 6.31. The third kappa shape index (κ3) is 3.87. The number of carbonyl (C=O) groups is 1. The van der Waals surface area contributed by atoms with Gasteiger partial charge in [0.15, 0.2) is 0 Å². The van der Waals surface area contributed by atoms with Gasteiger partial charge >= 0.3 is 0 Å². The summed E-state index contributed by atoms with van der Waals surface area (Å²) < 4.78 is 0. The fourth-order valence-corrected chi connectivity index (χ4v) is 2.12. The number of rotatable bonds is 4. The molecule has 5 nitrogen and oxygen atoms in total. The summed E-state index contributed by atoms with van der Waals surface area (Å²) in [5.74, 6) is -0.312. The maximum Gasteiger partial charge on any atom is 0.264 e. The highest BCUT2D eigenvalue weighted by Gasteiger charge is 2.32. The lowest BCUT2D eigenvalue weighted by atomic mass is 10.0. The van der Waals surface area contributed by atoms with Crippen LogP contribution in [-0.4, -0.2) is 35.0 Å². The normalized spacial score (nSPS) is 18.1. The van der Waals surface area contributed by atoms with Gasteiger partial charge in [0.05, 0.1) is 27.9 Å². The zero-order valence-electron chi connectivity index (χ0n) is 11.7. The maximum atomic E-state index is 12.1. The zero-order valence-corrected chi connectivity index (χ0v) is 13.2. The number of benzene rings is 1. The topological polar surface area (TPSA) is 70.9 Å². The Bertz CT molecular complexity index is 588. The molecule has 0 fully saturated rings. The van der Waals surface area contributed by atoms with Gasteiger partial charge in [-0.25, -0.2) is 0 Å². The van der Waals surface area contributed by atoms with E-state index in [4.69, 9.17) is 33.1 Å². The van der Waals surface area contributed by atoms with Crippen molar-refractivity contribution in [1.29, 1.82) is 0 Å². The molecule has 0 bridgehead atoms. The molecule has 0 saturated heterocycles. The highest BCUT2D eigenvalue weighted by molar-refractivity contribution is 6.42. The number of aliphatic hydroxyl groups is 1. The molecule has 1 heterocycles. The average Bonchev–Trinajstić information content (AvgIpc) is 2.91. The fraction of sp³-hybridized carbons (Fsp3) is 0.429. The first-order valence-corrected chi connectivity index (χ1v) is 7.19. The summed E-state index contributed by atoms with van der Waals surface area (Å²) in [6.07, 6.45) is -0.369. The van der Waals surface area contributed by atoms with E-state index in [0.29, 0.717) is 22.2 Å². The molecule has 1 aliphatic rings. The molecule has 114 valence electrons. The summed E-state index contributed by atoms with van der Waals surface area (Å²) >= 11 is 11.8. The van der Waals surface area contributed by atoms with Gasteiger partial charge < -0.3 is 15.3 Å². The first-order chi connectivity index (χ1) is 9.82. The minimum Gasteiger partial charge on any atom is -0.394 e. The number of hydrogen-bond acceptors (Lipinski definition) is 4. The minimum absolute atomic E-state index is 0.161. The van der Waals surface area contributed by atoms with Gasteiger partial charge in [-0.3, -0.25) is 4.79 Å². The SMILES string of the molecule is CC(C)(CO)NC(=O)[C@@H]1CC(c2ccc(Cl)c(Cl)c2)=NO1. The van der Waals surface area contributed by atoms with Crippen molar-refractivity contribution in [1.82, 2.24) is 5.32 Å². The molecule has 21 heavy (non-hydrogen) atoms. The molecule has 7 heteroatoms. The van der Waals surface area contributed by atoms with E-state index in [1.165, 1.54) is 0 Å². The van der Waals surface area contributed by atoms with Crippen molar-refractivity contribution in [2.24, 2.45) is 5.16 Å². The van der Waals surface area contributed by atoms with E-state index in [1.807, 2.05) is 0 Å². The number of amides is 1. The van der Waals surface area contributed by atoms with Crippen molar-refractivity contribution >= 4 is 34.8 Å². The molecular formula is C14H16Cl2N2O3. The van der Waals surface area contributed by atoms with Crippen molar-refractivity contribution in [3.05, 3.63) is 33.8 Å². The molecular weight excluding hydrogens is 315 g/mol. The number of oxime groups is 1. The van der Waals surface area contributed by atoms with Crippen molar-refractivity contribution in [2.45, 2.75) is 31.9 Å². The molecule has 1 aromatic carbocycles. The lowest BCUT2D eigenvalue weighted by molar-refractivity contribution is -0.133. The first-order valence-electron chi connectivity index (χ1n) is 6.43. The van der Waals surface area contributed by atoms with E-state index in [-0.39, 0.29) is 12.5 Å². The molecule has 2 rings (SSSR count). The highest BCUT2D eigenvalue weighted by Crippen LogP contribution is 2.25. The van der Waals surface area contributed by atoms with Crippen LogP contribution >= 0.6 is 23.2 Å². The van der Waals surface area contributed by atoms with Crippen LogP contribution in [0.4, 0.5) is 0 Å². The molecule has 1 atom stereocenters. The number of nitrogens with one attached hydrogen (secondary N) is 1. The van der Waals surface area contributed by atoms with Crippen LogP contribution < -0.4 is 5.32 Å². The Morgan fingerprint density at radius 2 is 2.19 bits per heavy atom. The van der Waals surface area contributed by atoms with Crippen LogP contribution in [-0.2, 0) is 9.63 Å². The molecule has 1 amide bonds. The Hall–Kier alpha value is -1.30. The Morgan fingerprint density at radius 3 is 2.81 bits per heavy atom. The first kappa shape index (κ1) is 16.1. The predicted octanol–water partition coefficient (Wildman–Crippen LogP) is 2.37. The van der Waals surface area contributed by atoms with Gasteiger partial charge in [0.25, 0.3) is 5.91 Å². The van der Waals surface area contributed by atoms with Crippen LogP contribution in [0.25, 0.3) is 0 Å². The van der Waals surface area contributed by atoms with Crippen LogP contribution in [0.3, 0.4) is 0 Å². The summed E-state index contributed by atoms with van der Waals surface area (Å²) in [6.45, 7) is 3.28. The number of halogens is 2. The van der Waals surface area contributed by atoms with Gasteiger partial charge in [0, 0.05) is 12.0 Å². The van der Waals surface area contributed by atoms with E-state index < -0.39 is 11.6 Å². The van der Waals surface area contributed by atoms with Crippen LogP contribution in [0.15, 0.2) is 23.4 Å². The van der Waals surface area contributed by atoms with E-state index in [0.717, 1.165) is 5.56 Å². The minimum atomic E-state index is -0.708. The predicted molar refractivity (Wildman–Crippen MR) is 81.8 cm³/mol. The molecule has 0 unspecified atom stereocenters. The standard InChI is InChI=1S/C14H16Cl2N2O3/c1-14(2,7-19)17-13(20)12-6-11(18-21-12)8-3-4-9(15)10(16)5-8/h3-5,12,19H,6-7H2,1-2H3,(H,17,20)/t12-/m0/s1. The van der Waals surface area contributed by atoms with Crippen molar-refractivity contribution < 1.29 is 14.7 Å². The summed E-state index contributed by atoms with van der Waals surface area (Å²) in [4.78, 5) is 17.2. The Kier molecular flexibility index (Phi) is 4.76. The van der Waals surface area contributed by atoms with Crippen LogP contribution in [0.2, 0.25) is 10.0 Å². The molecule has 1 aromatic rings. The highest BCUT2D eigenvalue weighted by atomic mass is 35.5. The third-order valence-electron chi connectivity index (χ3n) is 3.07. The largest absolute Gasteiger partial charge is 0.394 e. The Morgan fingerprint density at radius 1 is 1.48 bits per heavy atom. The van der Waals surface area contributed by atoms with Gasteiger partial charge in [0.2, 0.25) is 6.10 Å². The number of nitrogens with zero attached hydrogens (tertiary/aromatic N) is 1. The van der Waals surface area contributed by atoms with Gasteiger partial charge in [0.1, 0.15) is 0 Å². The van der Waals surface area contributed by atoms with Crippen LogP contribution in [0, 0.1) is 0 Å². The van der Waals surface area contributed by atoms with E-state index in [1.54, 1.807) is 32.0 Å². The molecule has 0 spiro atoms. The van der Waals surface area contributed by atoms with E-state index in [9.17, 15) is 4.79 Å². The van der Waals surface area contributed by atoms with Crippen molar-refractivity contribution in [2.75, 3.05) is 6.61 Å². The smallest absolute Gasteiger partial charge is 0.264 e. The molecule has 0 saturated carbocycles. The summed E-state index contributed by atoms with van der Waals surface area (Å²) in [7, 11) is 0. The molecule has 2 N–H and O–H groups in total. The van der Waals surface area contributed by atoms with Gasteiger partial charge in [-0.2, -0.15) is 0 Å². The van der Waals surface area contributed by atoms with Gasteiger partial charge in [-0.15, -0.1) is 0 Å². The van der Waals surface area contributed by atoms with Crippen LogP contribution in [0.5, 0.6) is 0 Å². The van der Waals surface area contributed by atoms with E-state index in [2.05, 4.69) is 10.5 Å². The van der Waals surface area contributed by atoms with Gasteiger partial charge in [-0.05, 0) is 26.0 Å². The monoisotopic (exact) mass is 330 g/mol. The fourth-order valence-electron chi connectivity index (χ4n) is 1.82. The van der Waals surface area contributed by atoms with Crippen molar-refractivity contribution in [3.63, 3.8) is 0 Å². The second-order valence-electron chi connectivity index (χ2n) is 5.50. The average molecular weight is 331 g/mol. The molecule has 0 radical (unpaired) electrons. The quantitative estimate of drug-likeness (QED) is 0.890. The number of aliphatic hydroxyl groups excluding tert-OH is 1. The van der Waals surface area contributed by atoms with Crippen LogP contribution in [0.1, 0.15) is 25.8 Å². The zero-order chi connectivity index (χ0) is 15.6. The van der Waals surface area contributed by atoms with Crippen molar-refractivity contribution in [3.8, 4) is 0 Å². The number of carbonyl (C=O) groups excluding carboxylic acids is 1. The summed E-state index contributed by atoms with van der Waals surface area (Å²) in [5, 5.41) is 16.7. The maximum absolute atomic E-state index is 12.1. The lowest BCUT2D eigenvalue weighted by Gasteiger charge is -2.24. The molecule has 0 aliphatic carbocycles.